The Morgan fingerprint density at radius 1 is 1.05 bits per heavy atom. The minimum Gasteiger partial charge on any atom is -0.289 e. The van der Waals surface area contributed by atoms with Gasteiger partial charge in [0, 0.05) is 11.8 Å². The second-order valence-electron chi connectivity index (χ2n) is 4.91. The van der Waals surface area contributed by atoms with Gasteiger partial charge in [0.1, 0.15) is 0 Å². The van der Waals surface area contributed by atoms with Crippen LogP contribution in [0.3, 0.4) is 0 Å². The van der Waals surface area contributed by atoms with Gasteiger partial charge in [-0.25, -0.2) is 8.42 Å². The fourth-order valence-electron chi connectivity index (χ4n) is 1.91. The van der Waals surface area contributed by atoms with Crippen molar-refractivity contribution >= 4 is 21.7 Å². The molecule has 2 rings (SSSR count). The van der Waals surface area contributed by atoms with Gasteiger partial charge in [0.05, 0.1) is 4.90 Å². The second kappa shape index (κ2) is 6.06. The molecule has 0 fully saturated rings. The highest BCUT2D eigenvalue weighted by molar-refractivity contribution is 7.90. The largest absolute Gasteiger partial charge is 0.289 e. The number of allylic oxidation sites excluding steroid dienone is 1. The topological polar surface area (TPSA) is 51.2 Å². The van der Waals surface area contributed by atoms with Crippen LogP contribution in [0.2, 0.25) is 0 Å². The number of carbonyl (C=O) groups is 1. The van der Waals surface area contributed by atoms with E-state index in [1.165, 1.54) is 30.3 Å². The van der Waals surface area contributed by atoms with Gasteiger partial charge < -0.3 is 0 Å². The van der Waals surface area contributed by atoms with Crippen LogP contribution in [0.25, 0.3) is 6.08 Å². The van der Waals surface area contributed by atoms with Crippen LogP contribution in [0, 0.1) is 6.92 Å². The molecule has 0 aliphatic carbocycles. The summed E-state index contributed by atoms with van der Waals surface area (Å²) in [7, 11) is -3.23. The van der Waals surface area contributed by atoms with Crippen molar-refractivity contribution in [2.75, 3.05) is 6.26 Å². The first-order valence-electron chi connectivity index (χ1n) is 6.45. The molecule has 108 valence electrons. The molecule has 0 saturated carbocycles. The fraction of sp³-hybridized carbons (Fsp3) is 0.118. The van der Waals surface area contributed by atoms with Crippen molar-refractivity contribution in [3.05, 3.63) is 71.3 Å². The first-order chi connectivity index (χ1) is 9.86. The van der Waals surface area contributed by atoms with Crippen molar-refractivity contribution in [3.8, 4) is 0 Å². The second-order valence-corrected chi connectivity index (χ2v) is 6.92. The van der Waals surface area contributed by atoms with Crippen molar-refractivity contribution in [2.24, 2.45) is 0 Å². The van der Waals surface area contributed by atoms with Crippen molar-refractivity contribution in [1.29, 1.82) is 0 Å². The van der Waals surface area contributed by atoms with Crippen LogP contribution in [-0.2, 0) is 9.84 Å². The predicted molar refractivity (Wildman–Crippen MR) is 84.1 cm³/mol. The van der Waals surface area contributed by atoms with Crippen molar-refractivity contribution in [2.45, 2.75) is 11.8 Å². The van der Waals surface area contributed by atoms with E-state index in [-0.39, 0.29) is 10.7 Å². The molecule has 0 N–H and O–H groups in total. The predicted octanol–water partition coefficient (Wildman–Crippen LogP) is 3.29. The average molecular weight is 300 g/mol. The molecule has 0 unspecified atom stereocenters. The lowest BCUT2D eigenvalue weighted by atomic mass is 10.1. The summed E-state index contributed by atoms with van der Waals surface area (Å²) in [4.78, 5) is 12.2. The quantitative estimate of drug-likeness (QED) is 0.643. The summed E-state index contributed by atoms with van der Waals surface area (Å²) in [5.41, 5.74) is 2.55. The fourth-order valence-corrected chi connectivity index (χ4v) is 2.54. The van der Waals surface area contributed by atoms with E-state index in [0.29, 0.717) is 5.56 Å². The lowest BCUT2D eigenvalue weighted by molar-refractivity contribution is 0.104. The molecule has 0 radical (unpaired) electrons. The lowest BCUT2D eigenvalue weighted by Crippen LogP contribution is -1.99. The Morgan fingerprint density at radius 2 is 1.71 bits per heavy atom. The van der Waals surface area contributed by atoms with E-state index in [0.717, 1.165) is 17.4 Å². The van der Waals surface area contributed by atoms with E-state index >= 15 is 0 Å². The van der Waals surface area contributed by atoms with E-state index in [4.69, 9.17) is 0 Å². The molecule has 0 atom stereocenters. The van der Waals surface area contributed by atoms with E-state index in [2.05, 4.69) is 0 Å². The number of carbonyl (C=O) groups excluding carboxylic acids is 1. The van der Waals surface area contributed by atoms with Gasteiger partial charge in [-0.05, 0) is 42.8 Å². The highest BCUT2D eigenvalue weighted by Gasteiger charge is 2.08. The number of aryl methyl sites for hydroxylation is 1. The summed E-state index contributed by atoms with van der Waals surface area (Å²) in [6, 6.07) is 13.8. The maximum atomic E-state index is 12.0. The molecule has 0 amide bonds. The van der Waals surface area contributed by atoms with E-state index in [9.17, 15) is 13.2 Å². The minimum absolute atomic E-state index is 0.156. The summed E-state index contributed by atoms with van der Waals surface area (Å²) in [6.45, 7) is 1.99. The molecule has 0 aromatic heterocycles. The number of hydrogen-bond acceptors (Lipinski definition) is 3. The maximum Gasteiger partial charge on any atom is 0.185 e. The summed E-state index contributed by atoms with van der Waals surface area (Å²) in [5, 5.41) is 0. The molecule has 0 aliphatic heterocycles. The monoisotopic (exact) mass is 300 g/mol. The lowest BCUT2D eigenvalue weighted by Gasteiger charge is -2.00. The van der Waals surface area contributed by atoms with Crippen LogP contribution in [0.5, 0.6) is 0 Å². The van der Waals surface area contributed by atoms with Gasteiger partial charge in [-0.1, -0.05) is 35.9 Å². The Morgan fingerprint density at radius 3 is 2.29 bits per heavy atom. The van der Waals surface area contributed by atoms with Gasteiger partial charge >= 0.3 is 0 Å². The Labute approximate surface area is 124 Å². The zero-order valence-corrected chi connectivity index (χ0v) is 12.7. The molecule has 2 aromatic rings. The van der Waals surface area contributed by atoms with Gasteiger partial charge in [-0.2, -0.15) is 0 Å². The summed E-state index contributed by atoms with van der Waals surface area (Å²) in [5.74, 6) is -0.156. The Bertz CT molecular complexity index is 785. The smallest absolute Gasteiger partial charge is 0.185 e. The van der Waals surface area contributed by atoms with Crippen LogP contribution in [0.15, 0.2) is 59.5 Å². The third-order valence-corrected chi connectivity index (χ3v) is 4.16. The van der Waals surface area contributed by atoms with Crippen LogP contribution in [0.1, 0.15) is 21.5 Å². The van der Waals surface area contributed by atoms with Crippen molar-refractivity contribution in [1.82, 2.24) is 0 Å². The molecule has 0 aliphatic rings. The summed E-state index contributed by atoms with van der Waals surface area (Å²) < 4.78 is 22.7. The number of hydrogen-bond donors (Lipinski definition) is 0. The number of ketones is 1. The highest BCUT2D eigenvalue weighted by Crippen LogP contribution is 2.12. The SMILES string of the molecule is Cc1cccc(/C=C/C(=O)c2ccc(S(C)(=O)=O)cc2)c1. The third kappa shape index (κ3) is 4.13. The summed E-state index contributed by atoms with van der Waals surface area (Å²) >= 11 is 0. The normalized spacial score (nSPS) is 11.7. The number of benzene rings is 2. The van der Waals surface area contributed by atoms with Gasteiger partial charge in [0.25, 0.3) is 0 Å². The number of rotatable bonds is 4. The molecule has 2 aromatic carbocycles. The Hall–Kier alpha value is -2.20. The molecule has 3 nitrogen and oxygen atoms in total. The van der Waals surface area contributed by atoms with Crippen LogP contribution >= 0.6 is 0 Å². The average Bonchev–Trinajstić information content (AvgIpc) is 2.44. The first kappa shape index (κ1) is 15.2. The molecule has 4 heteroatoms. The molecule has 0 bridgehead atoms. The maximum absolute atomic E-state index is 12.0. The zero-order chi connectivity index (χ0) is 15.5. The van der Waals surface area contributed by atoms with Gasteiger partial charge in [0.2, 0.25) is 0 Å². The Balaban J connectivity index is 2.17. The summed E-state index contributed by atoms with van der Waals surface area (Å²) in [6.07, 6.45) is 4.38. The van der Waals surface area contributed by atoms with Crippen LogP contribution < -0.4 is 0 Å². The van der Waals surface area contributed by atoms with Crippen LogP contribution in [0.4, 0.5) is 0 Å². The molecule has 21 heavy (non-hydrogen) atoms. The number of sulfone groups is 1. The van der Waals surface area contributed by atoms with E-state index < -0.39 is 9.84 Å². The minimum atomic E-state index is -3.23. The standard InChI is InChI=1S/C17H16O3S/c1-13-4-3-5-14(12-13)6-11-17(18)15-7-9-16(10-8-15)21(2,19)20/h3-12H,1-2H3/b11-6+. The zero-order valence-electron chi connectivity index (χ0n) is 11.9. The van der Waals surface area contributed by atoms with Crippen molar-refractivity contribution < 1.29 is 13.2 Å². The van der Waals surface area contributed by atoms with E-state index in [1.807, 2.05) is 31.2 Å². The molecular weight excluding hydrogens is 284 g/mol. The van der Waals surface area contributed by atoms with Gasteiger partial charge in [-0.3, -0.25) is 4.79 Å². The van der Waals surface area contributed by atoms with Crippen molar-refractivity contribution in [3.63, 3.8) is 0 Å². The first-order valence-corrected chi connectivity index (χ1v) is 8.34. The third-order valence-electron chi connectivity index (χ3n) is 3.04. The van der Waals surface area contributed by atoms with Crippen LogP contribution in [-0.4, -0.2) is 20.5 Å². The highest BCUT2D eigenvalue weighted by atomic mass is 32.2. The van der Waals surface area contributed by atoms with Gasteiger partial charge in [-0.15, -0.1) is 0 Å². The molecule has 0 heterocycles. The Kier molecular flexibility index (Phi) is 4.38. The molecule has 0 spiro atoms. The molecular formula is C17H16O3S. The molecule has 0 saturated heterocycles. The van der Waals surface area contributed by atoms with Gasteiger partial charge in [0.15, 0.2) is 15.6 Å². The van der Waals surface area contributed by atoms with E-state index in [1.54, 1.807) is 6.08 Å².